The van der Waals surface area contributed by atoms with Crippen molar-refractivity contribution in [2.45, 2.75) is 19.3 Å². The SMILES string of the molecule is COC(=O)C(=CC1CC2C=CC1CC2)c1csc(NC=O)n1. The van der Waals surface area contributed by atoms with Crippen LogP contribution in [0.3, 0.4) is 0 Å². The number of carbonyl (C=O) groups excluding carboxylic acids is 2. The van der Waals surface area contributed by atoms with Crippen molar-refractivity contribution in [3.05, 3.63) is 29.3 Å². The van der Waals surface area contributed by atoms with Gasteiger partial charge < -0.3 is 10.1 Å². The van der Waals surface area contributed by atoms with Gasteiger partial charge in [-0.3, -0.25) is 4.79 Å². The fourth-order valence-corrected chi connectivity index (χ4v) is 3.93. The van der Waals surface area contributed by atoms with Crippen molar-refractivity contribution in [1.82, 2.24) is 4.98 Å². The Kier molecular flexibility index (Phi) is 4.38. The van der Waals surface area contributed by atoms with Gasteiger partial charge in [-0.25, -0.2) is 9.78 Å². The molecule has 0 aromatic carbocycles. The lowest BCUT2D eigenvalue weighted by molar-refractivity contribution is -0.133. The summed E-state index contributed by atoms with van der Waals surface area (Å²) in [6.07, 6.45) is 10.6. The van der Waals surface area contributed by atoms with E-state index < -0.39 is 0 Å². The Hall–Kier alpha value is -1.95. The number of hydrogen-bond donors (Lipinski definition) is 1. The molecule has 2 bridgehead atoms. The number of allylic oxidation sites excluding steroid dienone is 3. The zero-order valence-electron chi connectivity index (χ0n) is 12.3. The number of methoxy groups -OCH3 is 1. The molecule has 3 atom stereocenters. The lowest BCUT2D eigenvalue weighted by atomic mass is 9.68. The molecule has 1 aromatic rings. The number of thiazole rings is 1. The zero-order valence-corrected chi connectivity index (χ0v) is 13.1. The van der Waals surface area contributed by atoms with E-state index in [9.17, 15) is 9.59 Å². The second kappa shape index (κ2) is 6.44. The van der Waals surface area contributed by atoms with E-state index in [0.29, 0.717) is 40.6 Å². The second-order valence-electron chi connectivity index (χ2n) is 5.66. The predicted octanol–water partition coefficient (Wildman–Crippen LogP) is 2.87. The molecule has 5 nitrogen and oxygen atoms in total. The van der Waals surface area contributed by atoms with Gasteiger partial charge in [0.1, 0.15) is 0 Å². The van der Waals surface area contributed by atoms with E-state index in [1.165, 1.54) is 31.3 Å². The van der Waals surface area contributed by atoms with Gasteiger partial charge in [0.05, 0.1) is 18.4 Å². The van der Waals surface area contributed by atoms with Crippen LogP contribution in [0.25, 0.3) is 5.57 Å². The van der Waals surface area contributed by atoms with Crippen LogP contribution in [0.2, 0.25) is 0 Å². The maximum Gasteiger partial charge on any atom is 0.339 e. The number of amides is 1. The predicted molar refractivity (Wildman–Crippen MR) is 85.3 cm³/mol. The fraction of sp³-hybridized carbons (Fsp3) is 0.438. The highest BCUT2D eigenvalue weighted by atomic mass is 32.1. The zero-order chi connectivity index (χ0) is 15.5. The summed E-state index contributed by atoms with van der Waals surface area (Å²) in [6.45, 7) is 0. The van der Waals surface area contributed by atoms with Gasteiger partial charge in [0.2, 0.25) is 6.41 Å². The highest BCUT2D eigenvalue weighted by Crippen LogP contribution is 2.42. The highest BCUT2D eigenvalue weighted by molar-refractivity contribution is 7.14. The quantitative estimate of drug-likeness (QED) is 0.392. The van der Waals surface area contributed by atoms with Crippen molar-refractivity contribution in [2.75, 3.05) is 12.4 Å². The molecule has 22 heavy (non-hydrogen) atoms. The molecule has 0 aliphatic heterocycles. The van der Waals surface area contributed by atoms with Crippen LogP contribution in [-0.2, 0) is 14.3 Å². The normalized spacial score (nSPS) is 26.8. The van der Waals surface area contributed by atoms with E-state index in [1.807, 2.05) is 6.08 Å². The largest absolute Gasteiger partial charge is 0.465 e. The number of nitrogens with one attached hydrogen (secondary N) is 1. The third-order valence-corrected chi connectivity index (χ3v) is 5.15. The van der Waals surface area contributed by atoms with Crippen LogP contribution in [-0.4, -0.2) is 24.5 Å². The van der Waals surface area contributed by atoms with Crippen LogP contribution in [0.4, 0.5) is 5.13 Å². The number of carbonyl (C=O) groups is 2. The lowest BCUT2D eigenvalue weighted by Crippen LogP contribution is -2.26. The topological polar surface area (TPSA) is 68.3 Å². The van der Waals surface area contributed by atoms with Crippen molar-refractivity contribution in [1.29, 1.82) is 0 Å². The van der Waals surface area contributed by atoms with Crippen molar-refractivity contribution < 1.29 is 14.3 Å². The number of fused-ring (bicyclic) bond motifs is 2. The summed E-state index contributed by atoms with van der Waals surface area (Å²) >= 11 is 1.29. The van der Waals surface area contributed by atoms with Gasteiger partial charge in [-0.1, -0.05) is 18.2 Å². The van der Waals surface area contributed by atoms with Crippen molar-refractivity contribution >= 4 is 34.4 Å². The Morgan fingerprint density at radius 1 is 1.45 bits per heavy atom. The molecule has 0 spiro atoms. The standard InChI is InChI=1S/C16H18N2O3S/c1-21-15(20)13(14-8-22-16(18-14)17-9-19)7-12-6-10-2-4-11(12)5-3-10/h2,4,7-12H,3,5-6H2,1H3,(H,17,18,19). The Morgan fingerprint density at radius 2 is 2.32 bits per heavy atom. The Bertz CT molecular complexity index is 635. The Labute approximate surface area is 133 Å². The third-order valence-electron chi connectivity index (χ3n) is 4.37. The van der Waals surface area contributed by atoms with E-state index in [4.69, 9.17) is 4.74 Å². The summed E-state index contributed by atoms with van der Waals surface area (Å²) in [5.74, 6) is 1.08. The molecule has 6 heteroatoms. The first-order valence-electron chi connectivity index (χ1n) is 7.35. The lowest BCUT2D eigenvalue weighted by Gasteiger charge is -2.36. The van der Waals surface area contributed by atoms with Crippen molar-refractivity contribution in [3.63, 3.8) is 0 Å². The maximum absolute atomic E-state index is 12.1. The molecule has 4 rings (SSSR count). The summed E-state index contributed by atoms with van der Waals surface area (Å²) in [7, 11) is 1.38. The molecule has 1 aromatic heterocycles. The van der Waals surface area contributed by atoms with Crippen molar-refractivity contribution in [2.24, 2.45) is 17.8 Å². The van der Waals surface area contributed by atoms with Crippen LogP contribution in [0.1, 0.15) is 25.0 Å². The molecule has 1 N–H and O–H groups in total. The molecule has 116 valence electrons. The average molecular weight is 318 g/mol. The van der Waals surface area contributed by atoms with Gasteiger partial charge >= 0.3 is 5.97 Å². The minimum atomic E-state index is -0.381. The van der Waals surface area contributed by atoms with E-state index in [-0.39, 0.29) is 5.97 Å². The number of esters is 1. The van der Waals surface area contributed by atoms with Crippen LogP contribution >= 0.6 is 11.3 Å². The Morgan fingerprint density at radius 3 is 2.91 bits per heavy atom. The monoisotopic (exact) mass is 318 g/mol. The van der Waals surface area contributed by atoms with Gasteiger partial charge in [-0.2, -0.15) is 0 Å². The molecule has 3 unspecified atom stereocenters. The smallest absolute Gasteiger partial charge is 0.339 e. The minimum Gasteiger partial charge on any atom is -0.465 e. The highest BCUT2D eigenvalue weighted by Gasteiger charge is 2.32. The summed E-state index contributed by atoms with van der Waals surface area (Å²) in [4.78, 5) is 26.9. The van der Waals surface area contributed by atoms with E-state index >= 15 is 0 Å². The van der Waals surface area contributed by atoms with E-state index in [0.717, 1.165) is 6.42 Å². The summed E-state index contributed by atoms with van der Waals surface area (Å²) < 4.78 is 4.91. The number of hydrogen-bond acceptors (Lipinski definition) is 5. The van der Waals surface area contributed by atoms with Gasteiger partial charge in [0, 0.05) is 5.38 Å². The first-order chi connectivity index (χ1) is 10.7. The first-order valence-corrected chi connectivity index (χ1v) is 8.23. The van der Waals surface area contributed by atoms with Crippen LogP contribution in [0, 0.1) is 17.8 Å². The summed E-state index contributed by atoms with van der Waals surface area (Å²) in [6, 6.07) is 0. The molecule has 1 saturated carbocycles. The first kappa shape index (κ1) is 15.0. The molecular formula is C16H18N2O3S. The molecule has 1 heterocycles. The van der Waals surface area contributed by atoms with Crippen LogP contribution in [0.15, 0.2) is 23.6 Å². The van der Waals surface area contributed by atoms with E-state index in [2.05, 4.69) is 22.5 Å². The minimum absolute atomic E-state index is 0.349. The van der Waals surface area contributed by atoms with Gasteiger partial charge in [-0.05, 0) is 37.0 Å². The van der Waals surface area contributed by atoms with Gasteiger partial charge in [0.15, 0.2) is 5.13 Å². The number of nitrogens with zero attached hydrogens (tertiary/aromatic N) is 1. The van der Waals surface area contributed by atoms with Gasteiger partial charge in [0.25, 0.3) is 0 Å². The number of aromatic nitrogens is 1. The number of ether oxygens (including phenoxy) is 1. The van der Waals surface area contributed by atoms with E-state index in [1.54, 1.807) is 5.38 Å². The average Bonchev–Trinajstić information content (AvgIpc) is 3.02. The molecule has 1 amide bonds. The van der Waals surface area contributed by atoms with Crippen LogP contribution < -0.4 is 5.32 Å². The third kappa shape index (κ3) is 2.97. The summed E-state index contributed by atoms with van der Waals surface area (Å²) in [5, 5.41) is 4.75. The fourth-order valence-electron chi connectivity index (χ4n) is 3.26. The molecular weight excluding hydrogens is 300 g/mol. The molecule has 0 radical (unpaired) electrons. The van der Waals surface area contributed by atoms with Crippen molar-refractivity contribution in [3.8, 4) is 0 Å². The maximum atomic E-state index is 12.1. The number of rotatable bonds is 5. The molecule has 3 aliphatic rings. The van der Waals surface area contributed by atoms with Gasteiger partial charge in [-0.15, -0.1) is 11.3 Å². The second-order valence-corrected chi connectivity index (χ2v) is 6.52. The molecule has 3 aliphatic carbocycles. The van der Waals surface area contributed by atoms with Crippen LogP contribution in [0.5, 0.6) is 0 Å². The summed E-state index contributed by atoms with van der Waals surface area (Å²) in [5.41, 5.74) is 1.05. The molecule has 1 fully saturated rings. The number of anilines is 1. The Balaban J connectivity index is 1.89. The molecule has 0 saturated heterocycles.